The van der Waals surface area contributed by atoms with Crippen LogP contribution >= 0.6 is 25.0 Å². The summed E-state index contributed by atoms with van der Waals surface area (Å²) in [5.74, 6) is -0.370. The summed E-state index contributed by atoms with van der Waals surface area (Å²) in [6.07, 6.45) is 0. The Bertz CT molecular complexity index is 294. The first-order valence-electron chi connectivity index (χ1n) is 4.02. The molecule has 5 heteroatoms. The second-order valence-corrected chi connectivity index (χ2v) is 4.60. The van der Waals surface area contributed by atoms with Gasteiger partial charge in [-0.15, -0.1) is 0 Å². The highest BCUT2D eigenvalue weighted by molar-refractivity contribution is 9.50. The van der Waals surface area contributed by atoms with Gasteiger partial charge in [0, 0.05) is 11.4 Å². The maximum atomic E-state index is 10.8. The fourth-order valence-electron chi connectivity index (χ4n) is 0.973. The van der Waals surface area contributed by atoms with Crippen molar-refractivity contribution < 1.29 is 9.90 Å². The van der Waals surface area contributed by atoms with Crippen LogP contribution in [0.1, 0.15) is 0 Å². The van der Waals surface area contributed by atoms with Crippen LogP contribution in [0, 0.1) is 0 Å². The predicted octanol–water partition coefficient (Wildman–Crippen LogP) is 2.59. The van der Waals surface area contributed by atoms with Crippen LogP contribution in [0.4, 0.5) is 5.69 Å². The molecule has 1 aromatic carbocycles. The van der Waals surface area contributed by atoms with E-state index in [2.05, 4.69) is 20.1 Å². The van der Waals surface area contributed by atoms with Crippen LogP contribution in [0.5, 0.6) is 0 Å². The van der Waals surface area contributed by atoms with Gasteiger partial charge in [-0.1, -0.05) is 28.4 Å². The van der Waals surface area contributed by atoms with Crippen LogP contribution in [-0.4, -0.2) is 22.9 Å². The molecule has 3 nitrogen and oxygen atoms in total. The van der Waals surface area contributed by atoms with Gasteiger partial charge in [0.1, 0.15) is 6.04 Å². The monoisotopic (exact) mass is 275 g/mol. The maximum absolute atomic E-state index is 10.8. The molecule has 0 saturated carbocycles. The zero-order chi connectivity index (χ0) is 10.4. The molecule has 0 saturated heterocycles. The van der Waals surface area contributed by atoms with E-state index in [4.69, 9.17) is 5.11 Å². The molecule has 1 aromatic rings. The second kappa shape index (κ2) is 5.93. The van der Waals surface area contributed by atoms with Crippen molar-refractivity contribution in [3.8, 4) is 0 Å². The number of benzene rings is 1. The van der Waals surface area contributed by atoms with E-state index in [9.17, 15) is 4.79 Å². The summed E-state index contributed by atoms with van der Waals surface area (Å²) in [5, 5.41) is 11.8. The van der Waals surface area contributed by atoms with Gasteiger partial charge in [-0.25, -0.2) is 4.79 Å². The fraction of sp³-hybridized carbons (Fsp3) is 0.222. The summed E-state index contributed by atoms with van der Waals surface area (Å²) < 4.78 is 0. The molecule has 0 aliphatic carbocycles. The van der Waals surface area contributed by atoms with Gasteiger partial charge in [0.2, 0.25) is 0 Å². The quantitative estimate of drug-likeness (QED) is 0.868. The molecule has 76 valence electrons. The van der Waals surface area contributed by atoms with Crippen molar-refractivity contribution in [2.45, 2.75) is 6.04 Å². The highest BCUT2D eigenvalue weighted by Gasteiger charge is 2.16. The van der Waals surface area contributed by atoms with E-state index in [-0.39, 0.29) is 0 Å². The summed E-state index contributed by atoms with van der Waals surface area (Å²) >= 11 is 3.14. The van der Waals surface area contributed by atoms with Crippen molar-refractivity contribution in [2.24, 2.45) is 0 Å². The molecule has 0 bridgehead atoms. The van der Waals surface area contributed by atoms with Crippen LogP contribution < -0.4 is 5.32 Å². The number of nitrogens with one attached hydrogen (secondary N) is 1. The summed E-state index contributed by atoms with van der Waals surface area (Å²) in [6.45, 7) is 0. The first-order valence-corrected chi connectivity index (χ1v) is 6.85. The van der Waals surface area contributed by atoms with Crippen molar-refractivity contribution in [2.75, 3.05) is 11.1 Å². The largest absolute Gasteiger partial charge is 0.480 e. The van der Waals surface area contributed by atoms with Crippen molar-refractivity contribution in [3.63, 3.8) is 0 Å². The first-order chi connectivity index (χ1) is 6.74. The maximum Gasteiger partial charge on any atom is 0.327 e. The molecule has 0 heterocycles. The lowest BCUT2D eigenvalue weighted by molar-refractivity contribution is -0.137. The Kier molecular flexibility index (Phi) is 4.82. The van der Waals surface area contributed by atoms with Gasteiger partial charge in [-0.2, -0.15) is 0 Å². The smallest absolute Gasteiger partial charge is 0.327 e. The molecule has 14 heavy (non-hydrogen) atoms. The summed E-state index contributed by atoms with van der Waals surface area (Å²) in [6, 6.07) is 8.73. The van der Waals surface area contributed by atoms with Gasteiger partial charge < -0.3 is 10.4 Å². The molecular weight excluding hydrogens is 266 g/mol. The number of carboxylic acids is 1. The molecule has 0 aromatic heterocycles. The van der Waals surface area contributed by atoms with Crippen LogP contribution in [0.15, 0.2) is 30.3 Å². The van der Waals surface area contributed by atoms with E-state index >= 15 is 0 Å². The average molecular weight is 276 g/mol. The van der Waals surface area contributed by atoms with Crippen molar-refractivity contribution in [3.05, 3.63) is 30.3 Å². The van der Waals surface area contributed by atoms with E-state index in [1.807, 2.05) is 30.3 Å². The minimum atomic E-state index is -0.846. The van der Waals surface area contributed by atoms with Crippen LogP contribution in [0.2, 0.25) is 0 Å². The number of aliphatic carboxylic acids is 1. The fourth-order valence-corrected chi connectivity index (χ4v) is 2.12. The van der Waals surface area contributed by atoms with Crippen molar-refractivity contribution in [1.29, 1.82) is 0 Å². The Labute approximate surface area is 94.1 Å². The number of carboxylic acid groups (broad SMARTS) is 1. The molecule has 0 fully saturated rings. The minimum absolute atomic E-state index is 0.476. The second-order valence-electron chi connectivity index (χ2n) is 2.68. The van der Waals surface area contributed by atoms with Crippen molar-refractivity contribution >= 4 is 36.7 Å². The van der Waals surface area contributed by atoms with Crippen LogP contribution in [-0.2, 0) is 4.79 Å². The number of halogens is 1. The molecule has 0 unspecified atom stereocenters. The van der Waals surface area contributed by atoms with Crippen molar-refractivity contribution in [1.82, 2.24) is 0 Å². The normalized spacial score (nSPS) is 12.1. The number of hydrogen-bond donors (Lipinski definition) is 2. The zero-order valence-corrected chi connectivity index (χ0v) is 9.72. The molecule has 0 spiro atoms. The highest BCUT2D eigenvalue weighted by Crippen LogP contribution is 2.15. The predicted molar refractivity (Wildman–Crippen MR) is 62.9 cm³/mol. The molecule has 0 aliphatic heterocycles. The standard InChI is InChI=1S/C9H10BrNO2S/c10-14-6-8(9(12)13)11-7-4-2-1-3-5-7/h1-5,8,11H,6H2,(H,12,13)/t8-/m0/s1. The molecule has 0 aliphatic rings. The van der Waals surface area contributed by atoms with Gasteiger partial charge in [0.15, 0.2) is 0 Å². The average Bonchev–Trinajstić information content (AvgIpc) is 2.18. The minimum Gasteiger partial charge on any atom is -0.480 e. The third kappa shape index (κ3) is 3.59. The number of para-hydroxylation sites is 1. The van der Waals surface area contributed by atoms with E-state index in [0.29, 0.717) is 5.75 Å². The van der Waals surface area contributed by atoms with E-state index in [1.165, 1.54) is 10.2 Å². The lowest BCUT2D eigenvalue weighted by Crippen LogP contribution is -2.31. The first kappa shape index (κ1) is 11.4. The Hall–Kier alpha value is -0.680. The topological polar surface area (TPSA) is 49.3 Å². The number of hydrogen-bond acceptors (Lipinski definition) is 3. The molecule has 1 atom stereocenters. The Morgan fingerprint density at radius 3 is 2.64 bits per heavy atom. The van der Waals surface area contributed by atoms with E-state index in [1.54, 1.807) is 0 Å². The molecule has 0 radical (unpaired) electrons. The molecule has 1 rings (SSSR count). The molecular formula is C9H10BrNO2S. The molecule has 2 N–H and O–H groups in total. The third-order valence-corrected chi connectivity index (χ3v) is 2.89. The Morgan fingerprint density at radius 1 is 1.50 bits per heavy atom. The number of anilines is 1. The SMILES string of the molecule is O=C(O)[C@H](CSBr)Nc1ccccc1. The Morgan fingerprint density at radius 2 is 2.14 bits per heavy atom. The van der Waals surface area contributed by atoms with Crippen LogP contribution in [0.25, 0.3) is 0 Å². The van der Waals surface area contributed by atoms with Crippen LogP contribution in [0.3, 0.4) is 0 Å². The van der Waals surface area contributed by atoms with Gasteiger partial charge in [0.25, 0.3) is 0 Å². The summed E-state index contributed by atoms with van der Waals surface area (Å²) in [5.41, 5.74) is 0.821. The van der Waals surface area contributed by atoms with E-state index in [0.717, 1.165) is 5.69 Å². The highest BCUT2D eigenvalue weighted by atomic mass is 79.9. The third-order valence-electron chi connectivity index (χ3n) is 1.64. The summed E-state index contributed by atoms with van der Waals surface area (Å²) in [7, 11) is 1.33. The van der Waals surface area contributed by atoms with Gasteiger partial charge in [-0.3, -0.25) is 0 Å². The molecule has 0 amide bonds. The summed E-state index contributed by atoms with van der Waals surface area (Å²) in [4.78, 5) is 10.8. The lowest BCUT2D eigenvalue weighted by atomic mass is 10.2. The number of carbonyl (C=O) groups is 1. The number of rotatable bonds is 5. The van der Waals surface area contributed by atoms with Gasteiger partial charge >= 0.3 is 5.97 Å². The zero-order valence-electron chi connectivity index (χ0n) is 7.31. The van der Waals surface area contributed by atoms with Gasteiger partial charge in [0.05, 0.1) is 0 Å². The lowest BCUT2D eigenvalue weighted by Gasteiger charge is -2.13. The van der Waals surface area contributed by atoms with E-state index < -0.39 is 12.0 Å². The van der Waals surface area contributed by atoms with Gasteiger partial charge in [-0.05, 0) is 26.9 Å². The Balaban J connectivity index is 2.60.